The molecule has 11 heteroatoms. The summed E-state index contributed by atoms with van der Waals surface area (Å²) in [5.74, 6) is 0.751. The number of carbonyl (C=O) groups is 1. The monoisotopic (exact) mass is 485 g/mol. The van der Waals surface area contributed by atoms with Gasteiger partial charge in [-0.15, -0.1) is 0 Å². The molecule has 3 aromatic rings. The average Bonchev–Trinajstić information content (AvgIpc) is 2.82. The van der Waals surface area contributed by atoms with Gasteiger partial charge in [0, 0.05) is 51.0 Å². The van der Waals surface area contributed by atoms with Gasteiger partial charge in [-0.3, -0.25) is 9.69 Å². The number of carbonyl (C=O) groups excluding carboxylic acids is 1. The van der Waals surface area contributed by atoms with Crippen molar-refractivity contribution in [3.63, 3.8) is 0 Å². The fraction of sp³-hybridized carbons (Fsp3) is 0.333. The lowest BCUT2D eigenvalue weighted by molar-refractivity contribution is -0.137. The Morgan fingerprint density at radius 1 is 1.03 bits per heavy atom. The van der Waals surface area contributed by atoms with Gasteiger partial charge in [-0.1, -0.05) is 24.3 Å². The Kier molecular flexibility index (Phi) is 7.15. The highest BCUT2D eigenvalue weighted by Crippen LogP contribution is 2.30. The Morgan fingerprint density at radius 2 is 1.74 bits per heavy atom. The van der Waals surface area contributed by atoms with Crippen LogP contribution in [0.4, 0.5) is 36.4 Å². The van der Waals surface area contributed by atoms with Gasteiger partial charge in [0.25, 0.3) is 0 Å². The van der Waals surface area contributed by atoms with E-state index in [0.717, 1.165) is 17.3 Å². The topological polar surface area (TPSA) is 86.3 Å². The van der Waals surface area contributed by atoms with Crippen LogP contribution in [0.25, 0.3) is 0 Å². The number of nitrogens with one attached hydrogen (secondary N) is 2. The first kappa shape index (κ1) is 24.4. The van der Waals surface area contributed by atoms with E-state index < -0.39 is 11.7 Å². The van der Waals surface area contributed by atoms with Crippen molar-refractivity contribution < 1.29 is 18.0 Å². The van der Waals surface area contributed by atoms with Gasteiger partial charge < -0.3 is 15.5 Å². The molecular weight excluding hydrogens is 459 g/mol. The highest BCUT2D eigenvalue weighted by Gasteiger charge is 2.30. The number of halogens is 3. The highest BCUT2D eigenvalue weighted by atomic mass is 19.4. The van der Waals surface area contributed by atoms with Gasteiger partial charge in [0.1, 0.15) is 6.33 Å². The minimum atomic E-state index is -4.34. The lowest BCUT2D eigenvalue weighted by atomic mass is 10.1. The standard InChI is InChI=1S/C24H26F3N7O/c1-16-20(30-17(2)35)7-4-8-21(16)31-22-28-15-29-23(32-22)34-11-9-33(10-12-34)14-18-5-3-6-19(13-18)24(25,26)27/h3-8,13,15H,9-12,14H2,1-2H3,(H,30,35)(H,28,29,31,32). The normalized spacial score (nSPS) is 14.6. The molecule has 0 spiro atoms. The smallest absolute Gasteiger partial charge is 0.338 e. The maximum Gasteiger partial charge on any atom is 0.416 e. The largest absolute Gasteiger partial charge is 0.416 e. The molecular formula is C24H26F3N7O. The van der Waals surface area contributed by atoms with Crippen LogP contribution in [0.1, 0.15) is 23.6 Å². The SMILES string of the molecule is CC(=O)Nc1cccc(Nc2ncnc(N3CCN(Cc4cccc(C(F)(F)F)c4)CC3)n2)c1C. The molecule has 1 aliphatic rings. The molecule has 0 bridgehead atoms. The molecule has 35 heavy (non-hydrogen) atoms. The van der Waals surface area contributed by atoms with E-state index in [-0.39, 0.29) is 5.91 Å². The Hall–Kier alpha value is -3.73. The molecule has 0 radical (unpaired) electrons. The van der Waals surface area contributed by atoms with Gasteiger partial charge in [0.05, 0.1) is 5.56 Å². The Balaban J connectivity index is 1.38. The van der Waals surface area contributed by atoms with Crippen LogP contribution in [0.5, 0.6) is 0 Å². The summed E-state index contributed by atoms with van der Waals surface area (Å²) in [6.07, 6.45) is -2.91. The van der Waals surface area contributed by atoms with Crippen LogP contribution >= 0.6 is 0 Å². The maximum atomic E-state index is 13.0. The number of amides is 1. The summed E-state index contributed by atoms with van der Waals surface area (Å²) < 4.78 is 39.0. The molecule has 1 fully saturated rings. The minimum absolute atomic E-state index is 0.153. The summed E-state index contributed by atoms with van der Waals surface area (Å²) in [5.41, 5.74) is 2.33. The van der Waals surface area contributed by atoms with Gasteiger partial charge in [-0.2, -0.15) is 18.2 Å². The zero-order valence-electron chi connectivity index (χ0n) is 19.4. The van der Waals surface area contributed by atoms with Crippen molar-refractivity contribution in [2.45, 2.75) is 26.6 Å². The number of hydrogen-bond acceptors (Lipinski definition) is 7. The highest BCUT2D eigenvalue weighted by molar-refractivity contribution is 5.90. The zero-order valence-corrected chi connectivity index (χ0v) is 19.4. The molecule has 1 saturated heterocycles. The van der Waals surface area contributed by atoms with E-state index in [1.165, 1.54) is 25.4 Å². The fourth-order valence-corrected chi connectivity index (χ4v) is 3.93. The molecule has 1 aliphatic heterocycles. The molecule has 4 rings (SSSR count). The predicted octanol–water partition coefficient (Wildman–Crippen LogP) is 4.22. The summed E-state index contributed by atoms with van der Waals surface area (Å²) in [4.78, 5) is 28.6. The number of rotatable bonds is 6. The fourth-order valence-electron chi connectivity index (χ4n) is 3.93. The molecule has 0 aliphatic carbocycles. The van der Waals surface area contributed by atoms with E-state index in [2.05, 4.69) is 30.5 Å². The molecule has 0 atom stereocenters. The first-order chi connectivity index (χ1) is 16.7. The van der Waals surface area contributed by atoms with Crippen LogP contribution in [0, 0.1) is 6.92 Å². The number of anilines is 4. The molecule has 1 amide bonds. The van der Waals surface area contributed by atoms with Crippen molar-refractivity contribution in [2.24, 2.45) is 0 Å². The quantitative estimate of drug-likeness (QED) is 0.541. The Morgan fingerprint density at radius 3 is 2.46 bits per heavy atom. The molecule has 0 unspecified atom stereocenters. The molecule has 1 aromatic heterocycles. The number of aromatic nitrogens is 3. The van der Waals surface area contributed by atoms with E-state index in [4.69, 9.17) is 0 Å². The van der Waals surface area contributed by atoms with Crippen LogP contribution in [0.15, 0.2) is 48.8 Å². The van der Waals surface area contributed by atoms with Crippen molar-refractivity contribution >= 4 is 29.2 Å². The van der Waals surface area contributed by atoms with Gasteiger partial charge >= 0.3 is 6.18 Å². The van der Waals surface area contributed by atoms with Crippen molar-refractivity contribution in [3.05, 3.63) is 65.5 Å². The van der Waals surface area contributed by atoms with E-state index in [0.29, 0.717) is 55.9 Å². The summed E-state index contributed by atoms with van der Waals surface area (Å²) in [6, 6.07) is 11.0. The maximum absolute atomic E-state index is 13.0. The van der Waals surface area contributed by atoms with Gasteiger partial charge in [-0.05, 0) is 36.2 Å². The number of piperazine rings is 1. The van der Waals surface area contributed by atoms with Crippen LogP contribution in [-0.2, 0) is 17.5 Å². The van der Waals surface area contributed by atoms with E-state index in [9.17, 15) is 18.0 Å². The number of hydrogen-bond donors (Lipinski definition) is 2. The Labute approximate surface area is 201 Å². The predicted molar refractivity (Wildman–Crippen MR) is 128 cm³/mol. The van der Waals surface area contributed by atoms with Crippen LogP contribution < -0.4 is 15.5 Å². The summed E-state index contributed by atoms with van der Waals surface area (Å²) in [7, 11) is 0. The first-order valence-corrected chi connectivity index (χ1v) is 11.2. The molecule has 184 valence electrons. The second-order valence-corrected chi connectivity index (χ2v) is 8.35. The van der Waals surface area contributed by atoms with Gasteiger partial charge in [0.15, 0.2) is 0 Å². The third-order valence-corrected chi connectivity index (χ3v) is 5.77. The summed E-state index contributed by atoms with van der Waals surface area (Å²) >= 11 is 0. The number of alkyl halides is 3. The second kappa shape index (κ2) is 10.3. The summed E-state index contributed by atoms with van der Waals surface area (Å²) in [5, 5.41) is 5.98. The number of benzene rings is 2. The second-order valence-electron chi connectivity index (χ2n) is 8.35. The van der Waals surface area contributed by atoms with Gasteiger partial charge in [0.2, 0.25) is 17.8 Å². The van der Waals surface area contributed by atoms with Crippen molar-refractivity contribution in [2.75, 3.05) is 41.7 Å². The van der Waals surface area contributed by atoms with Crippen LogP contribution in [0.3, 0.4) is 0 Å². The zero-order chi connectivity index (χ0) is 25.0. The molecule has 8 nitrogen and oxygen atoms in total. The van der Waals surface area contributed by atoms with E-state index >= 15 is 0 Å². The van der Waals surface area contributed by atoms with Crippen molar-refractivity contribution in [1.82, 2.24) is 19.9 Å². The average molecular weight is 486 g/mol. The molecule has 2 aromatic carbocycles. The van der Waals surface area contributed by atoms with Crippen LogP contribution in [-0.4, -0.2) is 51.9 Å². The van der Waals surface area contributed by atoms with Crippen LogP contribution in [0.2, 0.25) is 0 Å². The molecule has 2 N–H and O–H groups in total. The third-order valence-electron chi connectivity index (χ3n) is 5.77. The Bertz CT molecular complexity index is 1190. The number of nitrogens with zero attached hydrogens (tertiary/aromatic N) is 5. The molecule has 0 saturated carbocycles. The lowest BCUT2D eigenvalue weighted by Crippen LogP contribution is -2.46. The first-order valence-electron chi connectivity index (χ1n) is 11.2. The summed E-state index contributed by atoms with van der Waals surface area (Å²) in [6.45, 7) is 6.41. The minimum Gasteiger partial charge on any atom is -0.338 e. The third kappa shape index (κ3) is 6.24. The van der Waals surface area contributed by atoms with Crippen molar-refractivity contribution in [3.8, 4) is 0 Å². The lowest BCUT2D eigenvalue weighted by Gasteiger charge is -2.34. The molecule has 2 heterocycles. The van der Waals surface area contributed by atoms with E-state index in [1.807, 2.05) is 30.0 Å². The van der Waals surface area contributed by atoms with E-state index in [1.54, 1.807) is 6.07 Å². The van der Waals surface area contributed by atoms with Crippen molar-refractivity contribution in [1.29, 1.82) is 0 Å². The van der Waals surface area contributed by atoms with Gasteiger partial charge in [-0.25, -0.2) is 9.97 Å².